The van der Waals surface area contributed by atoms with Crippen molar-refractivity contribution < 1.29 is 4.79 Å². The summed E-state index contributed by atoms with van der Waals surface area (Å²) in [6.45, 7) is 2.31. The first-order valence-electron chi connectivity index (χ1n) is 8.36. The van der Waals surface area contributed by atoms with E-state index in [0.29, 0.717) is 15.3 Å². The van der Waals surface area contributed by atoms with E-state index in [1.165, 1.54) is 33.6 Å². The van der Waals surface area contributed by atoms with Gasteiger partial charge in [0.2, 0.25) is 5.91 Å². The molecule has 0 atom stereocenters. The summed E-state index contributed by atoms with van der Waals surface area (Å²) in [5.41, 5.74) is 2.91. The minimum Gasteiger partial charge on any atom is -0.302 e. The Balaban J connectivity index is 1.42. The van der Waals surface area contributed by atoms with Crippen LogP contribution in [-0.4, -0.2) is 20.4 Å². The lowest BCUT2D eigenvalue weighted by Crippen LogP contribution is -2.23. The van der Waals surface area contributed by atoms with Gasteiger partial charge in [0.1, 0.15) is 4.83 Å². The second-order valence-corrected chi connectivity index (χ2v) is 7.79. The Bertz CT molecular complexity index is 1180. The molecular weight excluding hydrogens is 380 g/mol. The number of carbonyl (C=O) groups excluding carboxylic acids is 1. The summed E-state index contributed by atoms with van der Waals surface area (Å²) in [6, 6.07) is 9.75. The van der Waals surface area contributed by atoms with Crippen molar-refractivity contribution in [2.75, 3.05) is 5.32 Å². The van der Waals surface area contributed by atoms with E-state index in [0.717, 1.165) is 16.8 Å². The lowest BCUT2D eigenvalue weighted by molar-refractivity contribution is -0.116. The summed E-state index contributed by atoms with van der Waals surface area (Å²) in [5.74, 6) is -0.182. The minimum absolute atomic E-state index is 0.120. The summed E-state index contributed by atoms with van der Waals surface area (Å²) >= 11 is 2.81. The van der Waals surface area contributed by atoms with E-state index in [-0.39, 0.29) is 24.4 Å². The van der Waals surface area contributed by atoms with Crippen LogP contribution in [0.15, 0.2) is 52.2 Å². The third-order valence-electron chi connectivity index (χ3n) is 4.20. The minimum atomic E-state index is -0.182. The molecule has 3 heterocycles. The van der Waals surface area contributed by atoms with Crippen LogP contribution in [0.25, 0.3) is 21.5 Å². The Morgan fingerprint density at radius 2 is 2.07 bits per heavy atom. The summed E-state index contributed by atoms with van der Waals surface area (Å²) in [5, 5.41) is 7.71. The fourth-order valence-corrected chi connectivity index (χ4v) is 4.22. The zero-order valence-electron chi connectivity index (χ0n) is 14.5. The SMILES string of the molecule is Cc1ccccc1-c1csc(NC(=O)CCn2cnc3sccc3c2=O)n1. The Hall–Kier alpha value is -2.84. The number of thiophene rings is 1. The Morgan fingerprint density at radius 3 is 2.93 bits per heavy atom. The van der Waals surface area contributed by atoms with Crippen LogP contribution in [-0.2, 0) is 11.3 Å². The molecule has 27 heavy (non-hydrogen) atoms. The van der Waals surface area contributed by atoms with E-state index < -0.39 is 0 Å². The van der Waals surface area contributed by atoms with Gasteiger partial charge in [0.05, 0.1) is 17.4 Å². The molecule has 4 aromatic rings. The number of rotatable bonds is 5. The molecule has 1 N–H and O–H groups in total. The molecule has 1 aromatic carbocycles. The molecule has 0 aliphatic heterocycles. The van der Waals surface area contributed by atoms with E-state index >= 15 is 0 Å². The molecular formula is C19H16N4O2S2. The number of nitrogens with zero attached hydrogens (tertiary/aromatic N) is 3. The van der Waals surface area contributed by atoms with Gasteiger partial charge in [0, 0.05) is 23.9 Å². The first-order valence-corrected chi connectivity index (χ1v) is 10.1. The molecule has 8 heteroatoms. The molecule has 4 rings (SSSR count). The van der Waals surface area contributed by atoms with Crippen LogP contribution in [0.2, 0.25) is 0 Å². The third-order valence-corrected chi connectivity index (χ3v) is 5.78. The van der Waals surface area contributed by atoms with Crippen molar-refractivity contribution in [2.24, 2.45) is 0 Å². The maximum absolute atomic E-state index is 12.3. The van der Waals surface area contributed by atoms with Crippen molar-refractivity contribution in [3.8, 4) is 11.3 Å². The van der Waals surface area contributed by atoms with Crippen molar-refractivity contribution in [3.63, 3.8) is 0 Å². The number of benzene rings is 1. The van der Waals surface area contributed by atoms with Crippen LogP contribution in [0.5, 0.6) is 0 Å². The Labute approximate surface area is 163 Å². The molecule has 6 nitrogen and oxygen atoms in total. The van der Waals surface area contributed by atoms with Crippen molar-refractivity contribution in [2.45, 2.75) is 19.9 Å². The maximum Gasteiger partial charge on any atom is 0.262 e. The number of nitrogens with one attached hydrogen (secondary N) is 1. The average Bonchev–Trinajstić information content (AvgIpc) is 3.31. The first-order chi connectivity index (χ1) is 13.1. The van der Waals surface area contributed by atoms with Crippen LogP contribution in [0.3, 0.4) is 0 Å². The van der Waals surface area contributed by atoms with Crippen molar-refractivity contribution in [1.82, 2.24) is 14.5 Å². The Morgan fingerprint density at radius 1 is 1.22 bits per heavy atom. The summed E-state index contributed by atoms with van der Waals surface area (Å²) < 4.78 is 1.47. The lowest BCUT2D eigenvalue weighted by Gasteiger charge is -2.05. The van der Waals surface area contributed by atoms with Gasteiger partial charge in [-0.1, -0.05) is 24.3 Å². The summed E-state index contributed by atoms with van der Waals surface area (Å²) in [4.78, 5) is 34.0. The molecule has 0 bridgehead atoms. The van der Waals surface area contributed by atoms with Crippen LogP contribution in [0.4, 0.5) is 5.13 Å². The highest BCUT2D eigenvalue weighted by molar-refractivity contribution is 7.16. The highest BCUT2D eigenvalue weighted by atomic mass is 32.1. The largest absolute Gasteiger partial charge is 0.302 e. The van der Waals surface area contributed by atoms with E-state index in [9.17, 15) is 9.59 Å². The molecule has 0 unspecified atom stereocenters. The second-order valence-electron chi connectivity index (χ2n) is 6.03. The number of anilines is 1. The average molecular weight is 396 g/mol. The molecule has 0 saturated heterocycles. The zero-order valence-corrected chi connectivity index (χ0v) is 16.1. The number of amides is 1. The molecule has 0 radical (unpaired) electrons. The van der Waals surface area contributed by atoms with E-state index in [1.807, 2.05) is 41.9 Å². The molecule has 1 amide bonds. The number of aryl methyl sites for hydroxylation is 2. The highest BCUT2D eigenvalue weighted by Gasteiger charge is 2.11. The monoisotopic (exact) mass is 396 g/mol. The molecule has 0 spiro atoms. The molecule has 0 aliphatic carbocycles. The molecule has 3 aromatic heterocycles. The summed E-state index contributed by atoms with van der Waals surface area (Å²) in [6.07, 6.45) is 1.67. The van der Waals surface area contributed by atoms with Crippen molar-refractivity contribution in [1.29, 1.82) is 0 Å². The predicted molar refractivity (Wildman–Crippen MR) is 109 cm³/mol. The van der Waals surface area contributed by atoms with Crippen LogP contribution >= 0.6 is 22.7 Å². The third kappa shape index (κ3) is 3.67. The maximum atomic E-state index is 12.3. The van der Waals surface area contributed by atoms with Crippen LogP contribution < -0.4 is 10.9 Å². The standard InChI is InChI=1S/C19H16N4O2S2/c1-12-4-2-3-5-13(12)15-10-27-19(21-15)22-16(24)6-8-23-11-20-17-14(18(23)25)7-9-26-17/h2-5,7,9-11H,6,8H2,1H3,(H,21,22,24). The van der Waals surface area contributed by atoms with Gasteiger partial charge in [-0.25, -0.2) is 9.97 Å². The predicted octanol–water partition coefficient (Wildman–Crippen LogP) is 3.92. The van der Waals surface area contributed by atoms with Gasteiger partial charge in [-0.3, -0.25) is 14.2 Å². The van der Waals surface area contributed by atoms with Gasteiger partial charge < -0.3 is 5.32 Å². The fourth-order valence-electron chi connectivity index (χ4n) is 2.77. The number of thiazole rings is 1. The van der Waals surface area contributed by atoms with E-state index in [4.69, 9.17) is 0 Å². The summed E-state index contributed by atoms with van der Waals surface area (Å²) in [7, 11) is 0. The van der Waals surface area contributed by atoms with Crippen molar-refractivity contribution in [3.05, 3.63) is 63.3 Å². The van der Waals surface area contributed by atoms with Crippen molar-refractivity contribution >= 4 is 43.9 Å². The van der Waals surface area contributed by atoms with E-state index in [2.05, 4.69) is 15.3 Å². The number of carbonyl (C=O) groups is 1. The van der Waals surface area contributed by atoms with Crippen LogP contribution in [0.1, 0.15) is 12.0 Å². The lowest BCUT2D eigenvalue weighted by atomic mass is 10.1. The van der Waals surface area contributed by atoms with Gasteiger partial charge in [0.25, 0.3) is 5.56 Å². The molecule has 0 aliphatic rings. The topological polar surface area (TPSA) is 76.9 Å². The van der Waals surface area contributed by atoms with Gasteiger partial charge in [-0.05, 0) is 23.9 Å². The van der Waals surface area contributed by atoms with Gasteiger partial charge >= 0.3 is 0 Å². The zero-order chi connectivity index (χ0) is 18.8. The highest BCUT2D eigenvalue weighted by Crippen LogP contribution is 2.27. The number of hydrogen-bond donors (Lipinski definition) is 1. The second kappa shape index (κ2) is 7.42. The number of fused-ring (bicyclic) bond motifs is 1. The van der Waals surface area contributed by atoms with Gasteiger partial charge in [0.15, 0.2) is 5.13 Å². The van der Waals surface area contributed by atoms with Crippen LogP contribution in [0, 0.1) is 6.92 Å². The van der Waals surface area contributed by atoms with E-state index in [1.54, 1.807) is 6.07 Å². The first kappa shape index (κ1) is 17.6. The molecule has 0 fully saturated rings. The smallest absolute Gasteiger partial charge is 0.262 e. The quantitative estimate of drug-likeness (QED) is 0.555. The van der Waals surface area contributed by atoms with Gasteiger partial charge in [-0.2, -0.15) is 0 Å². The number of aromatic nitrogens is 3. The number of hydrogen-bond acceptors (Lipinski definition) is 6. The van der Waals surface area contributed by atoms with Gasteiger partial charge in [-0.15, -0.1) is 22.7 Å². The normalized spacial score (nSPS) is 11.0. The molecule has 136 valence electrons. The Kier molecular flexibility index (Phi) is 4.83. The molecule has 0 saturated carbocycles. The fraction of sp³-hybridized carbons (Fsp3) is 0.158.